The lowest BCUT2D eigenvalue weighted by Crippen LogP contribution is -2.33. The van der Waals surface area contributed by atoms with E-state index in [1.165, 1.54) is 17.4 Å². The summed E-state index contributed by atoms with van der Waals surface area (Å²) in [5.74, 6) is -1.15. The van der Waals surface area contributed by atoms with Crippen molar-refractivity contribution in [1.29, 1.82) is 0 Å². The van der Waals surface area contributed by atoms with Crippen LogP contribution in [0.25, 0.3) is 11.4 Å². The molecule has 34 heavy (non-hydrogen) atoms. The van der Waals surface area contributed by atoms with Gasteiger partial charge in [0.1, 0.15) is 17.6 Å². The molecule has 0 spiro atoms. The van der Waals surface area contributed by atoms with Gasteiger partial charge in [0.2, 0.25) is 0 Å². The molecular formula is C26H30N4O4. The molecule has 178 valence electrons. The third kappa shape index (κ3) is 4.28. The Kier molecular flexibility index (Phi) is 6.98. The standard InChI is InChI=1S/C26H30N4O4/c1-4-28(5-2)14-10-15-29-23(21-13-9-16-34-21)22(25(32)26(29)33)24(31)20-17-27-30(18(20)3)19-11-7-6-8-12-19/h6-9,11-13,16-17,23,31H,4-5,10,14-15H2,1-3H3/b24-22+. The highest BCUT2D eigenvalue weighted by Crippen LogP contribution is 2.40. The fraction of sp³-hybridized carbons (Fsp3) is 0.346. The molecule has 1 saturated heterocycles. The number of amides is 1. The smallest absolute Gasteiger partial charge is 0.295 e. The Morgan fingerprint density at radius 2 is 1.85 bits per heavy atom. The van der Waals surface area contributed by atoms with Crippen molar-refractivity contribution < 1.29 is 19.1 Å². The van der Waals surface area contributed by atoms with Crippen LogP contribution in [0.15, 0.2) is 64.9 Å². The maximum absolute atomic E-state index is 13.1. The molecule has 1 unspecified atom stereocenters. The van der Waals surface area contributed by atoms with E-state index < -0.39 is 17.7 Å². The van der Waals surface area contributed by atoms with E-state index in [2.05, 4.69) is 23.8 Å². The number of aromatic nitrogens is 2. The molecule has 3 heterocycles. The van der Waals surface area contributed by atoms with Crippen LogP contribution < -0.4 is 0 Å². The first-order valence-corrected chi connectivity index (χ1v) is 11.6. The number of carbonyl (C=O) groups is 2. The molecule has 0 radical (unpaired) electrons. The lowest BCUT2D eigenvalue weighted by atomic mass is 9.99. The van der Waals surface area contributed by atoms with Crippen LogP contribution in [0.1, 0.15) is 43.3 Å². The van der Waals surface area contributed by atoms with E-state index in [1.54, 1.807) is 16.8 Å². The van der Waals surface area contributed by atoms with Crippen LogP contribution in [0.5, 0.6) is 0 Å². The van der Waals surface area contributed by atoms with Gasteiger partial charge in [-0.3, -0.25) is 9.59 Å². The number of aliphatic hydroxyl groups excluding tert-OH is 1. The Balaban J connectivity index is 1.72. The molecule has 0 aliphatic carbocycles. The number of furan rings is 1. The Bertz CT molecular complexity index is 1180. The van der Waals surface area contributed by atoms with Crippen LogP contribution in [-0.2, 0) is 9.59 Å². The van der Waals surface area contributed by atoms with Gasteiger partial charge >= 0.3 is 0 Å². The summed E-state index contributed by atoms with van der Waals surface area (Å²) in [5.41, 5.74) is 1.92. The third-order valence-corrected chi connectivity index (χ3v) is 6.39. The molecule has 3 aromatic rings. The van der Waals surface area contributed by atoms with Crippen LogP contribution >= 0.6 is 0 Å². The summed E-state index contributed by atoms with van der Waals surface area (Å²) in [6.07, 6.45) is 3.73. The number of hydrogen-bond acceptors (Lipinski definition) is 6. The number of hydrogen-bond donors (Lipinski definition) is 1. The van der Waals surface area contributed by atoms with Crippen LogP contribution in [0.2, 0.25) is 0 Å². The van der Waals surface area contributed by atoms with Crippen LogP contribution in [0, 0.1) is 6.92 Å². The molecule has 1 aromatic carbocycles. The van der Waals surface area contributed by atoms with Gasteiger partial charge in [0.05, 0.1) is 35.0 Å². The lowest BCUT2D eigenvalue weighted by molar-refractivity contribution is -0.140. The minimum atomic E-state index is -0.786. The van der Waals surface area contributed by atoms with Crippen LogP contribution in [0.3, 0.4) is 0 Å². The topological polar surface area (TPSA) is 91.8 Å². The summed E-state index contributed by atoms with van der Waals surface area (Å²) in [6.45, 7) is 9.03. The van der Waals surface area contributed by atoms with Crippen LogP contribution in [-0.4, -0.2) is 62.6 Å². The number of nitrogens with zero attached hydrogens (tertiary/aromatic N) is 4. The molecule has 1 aliphatic rings. The Morgan fingerprint density at radius 1 is 1.12 bits per heavy atom. The van der Waals surface area contributed by atoms with Gasteiger partial charge < -0.3 is 19.3 Å². The van der Waals surface area contributed by atoms with Crippen molar-refractivity contribution in [1.82, 2.24) is 19.6 Å². The largest absolute Gasteiger partial charge is 0.507 e. The van der Waals surface area contributed by atoms with Crippen molar-refractivity contribution in [3.8, 4) is 5.69 Å². The van der Waals surface area contributed by atoms with Gasteiger partial charge in [0.25, 0.3) is 11.7 Å². The normalized spacial score (nSPS) is 17.8. The molecule has 1 aliphatic heterocycles. The fourth-order valence-corrected chi connectivity index (χ4v) is 4.47. The molecule has 1 fully saturated rings. The Labute approximate surface area is 199 Å². The number of Topliss-reactive ketones (excluding diaryl/α,β-unsaturated/α-hetero) is 1. The summed E-state index contributed by atoms with van der Waals surface area (Å²) in [4.78, 5) is 30.0. The average Bonchev–Trinajstić information content (AvgIpc) is 3.57. The second kappa shape index (κ2) is 10.1. The summed E-state index contributed by atoms with van der Waals surface area (Å²) >= 11 is 0. The molecular weight excluding hydrogens is 432 g/mol. The van der Waals surface area contributed by atoms with E-state index in [1.807, 2.05) is 37.3 Å². The predicted molar refractivity (Wildman–Crippen MR) is 128 cm³/mol. The Hall–Kier alpha value is -3.65. The highest BCUT2D eigenvalue weighted by molar-refractivity contribution is 6.46. The molecule has 1 N–H and O–H groups in total. The zero-order valence-electron chi connectivity index (χ0n) is 19.8. The van der Waals surface area contributed by atoms with Gasteiger partial charge in [0.15, 0.2) is 0 Å². The van der Waals surface area contributed by atoms with Crippen LogP contribution in [0.4, 0.5) is 0 Å². The molecule has 8 heteroatoms. The monoisotopic (exact) mass is 462 g/mol. The number of carbonyl (C=O) groups excluding carboxylic acids is 2. The second-order valence-corrected chi connectivity index (χ2v) is 8.28. The molecule has 2 aromatic heterocycles. The van der Waals surface area contributed by atoms with Crippen molar-refractivity contribution in [3.63, 3.8) is 0 Å². The van der Waals surface area contributed by atoms with Crippen molar-refractivity contribution in [3.05, 3.63) is 77.5 Å². The van der Waals surface area contributed by atoms with E-state index >= 15 is 0 Å². The van der Waals surface area contributed by atoms with Crippen molar-refractivity contribution in [2.45, 2.75) is 33.2 Å². The zero-order valence-corrected chi connectivity index (χ0v) is 19.8. The van der Waals surface area contributed by atoms with Gasteiger partial charge in [-0.15, -0.1) is 0 Å². The SMILES string of the molecule is CCN(CC)CCCN1C(=O)C(=O)/C(=C(/O)c2cnn(-c3ccccc3)c2C)C1c1ccco1. The number of aliphatic hydroxyl groups is 1. The van der Waals surface area contributed by atoms with Gasteiger partial charge in [0, 0.05) is 6.54 Å². The lowest BCUT2D eigenvalue weighted by Gasteiger charge is -2.25. The quantitative estimate of drug-likeness (QED) is 0.294. The van der Waals surface area contributed by atoms with Crippen molar-refractivity contribution in [2.24, 2.45) is 0 Å². The maximum atomic E-state index is 13.1. The minimum absolute atomic E-state index is 0.0264. The summed E-state index contributed by atoms with van der Waals surface area (Å²) < 4.78 is 7.30. The van der Waals surface area contributed by atoms with Gasteiger partial charge in [-0.1, -0.05) is 32.0 Å². The van der Waals surface area contributed by atoms with E-state index in [-0.39, 0.29) is 11.3 Å². The first kappa shape index (κ1) is 23.5. The third-order valence-electron chi connectivity index (χ3n) is 6.39. The Morgan fingerprint density at radius 3 is 2.50 bits per heavy atom. The molecule has 4 rings (SSSR count). The highest BCUT2D eigenvalue weighted by atomic mass is 16.3. The molecule has 1 atom stereocenters. The van der Waals surface area contributed by atoms with Gasteiger partial charge in [-0.05, 0) is 57.2 Å². The summed E-state index contributed by atoms with van der Waals surface area (Å²) in [6, 6.07) is 12.2. The zero-order chi connectivity index (χ0) is 24.2. The van der Waals surface area contributed by atoms with E-state index in [0.717, 1.165) is 25.3 Å². The van der Waals surface area contributed by atoms with Crippen molar-refractivity contribution >= 4 is 17.4 Å². The first-order valence-electron chi connectivity index (χ1n) is 11.6. The number of benzene rings is 1. The first-order chi connectivity index (χ1) is 16.5. The second-order valence-electron chi connectivity index (χ2n) is 8.28. The average molecular weight is 463 g/mol. The minimum Gasteiger partial charge on any atom is -0.507 e. The van der Waals surface area contributed by atoms with E-state index in [4.69, 9.17) is 4.42 Å². The number of rotatable bonds is 9. The molecule has 0 saturated carbocycles. The fourth-order valence-electron chi connectivity index (χ4n) is 4.47. The molecule has 0 bridgehead atoms. The maximum Gasteiger partial charge on any atom is 0.295 e. The number of ketones is 1. The highest BCUT2D eigenvalue weighted by Gasteiger charge is 2.47. The summed E-state index contributed by atoms with van der Waals surface area (Å²) in [7, 11) is 0. The van der Waals surface area contributed by atoms with E-state index in [9.17, 15) is 14.7 Å². The summed E-state index contributed by atoms with van der Waals surface area (Å²) in [5, 5.41) is 15.7. The van der Waals surface area contributed by atoms with E-state index in [0.29, 0.717) is 30.0 Å². The van der Waals surface area contributed by atoms with Gasteiger partial charge in [-0.25, -0.2) is 4.68 Å². The molecule has 8 nitrogen and oxygen atoms in total. The number of para-hydroxylation sites is 1. The predicted octanol–water partition coefficient (Wildman–Crippen LogP) is 3.93. The number of likely N-dealkylation sites (tertiary alicyclic amines) is 1. The molecule has 1 amide bonds. The van der Waals surface area contributed by atoms with Crippen molar-refractivity contribution in [2.75, 3.05) is 26.2 Å². The van der Waals surface area contributed by atoms with Gasteiger partial charge in [-0.2, -0.15) is 5.10 Å².